The molecule has 2 aromatic heterocycles. The summed E-state index contributed by atoms with van der Waals surface area (Å²) in [6.07, 6.45) is 0. The normalized spacial score (nSPS) is 16.0. The number of hydrogen-bond donors (Lipinski definition) is 1. The van der Waals surface area contributed by atoms with Crippen LogP contribution in [0.3, 0.4) is 0 Å². The van der Waals surface area contributed by atoms with Gasteiger partial charge in [0, 0.05) is 0 Å². The van der Waals surface area contributed by atoms with Crippen molar-refractivity contribution < 1.29 is 19.4 Å². The number of carbonyl (C=O) groups excluding carboxylic acids is 2. The van der Waals surface area contributed by atoms with E-state index in [1.807, 2.05) is 13.0 Å². The first-order chi connectivity index (χ1) is 16.4. The highest BCUT2D eigenvalue weighted by Gasteiger charge is 2.46. The van der Waals surface area contributed by atoms with Gasteiger partial charge in [0.15, 0.2) is 10.9 Å². The van der Waals surface area contributed by atoms with E-state index in [-0.39, 0.29) is 10.6 Å². The van der Waals surface area contributed by atoms with Gasteiger partial charge in [0.05, 0.1) is 43.4 Å². The zero-order valence-corrected chi connectivity index (χ0v) is 20.8. The number of carbonyl (C=O) groups is 2. The van der Waals surface area contributed by atoms with Crippen LogP contribution in [0.2, 0.25) is 10.0 Å². The number of ether oxygens (including phenoxy) is 1. The van der Waals surface area contributed by atoms with Crippen molar-refractivity contribution in [3.8, 4) is 5.75 Å². The number of nitrogens with zero attached hydrogens (tertiary/aromatic N) is 2. The number of ketones is 1. The summed E-state index contributed by atoms with van der Waals surface area (Å²) in [5.74, 6) is -1.06. The predicted octanol–water partition coefficient (Wildman–Crippen LogP) is 6.85. The van der Waals surface area contributed by atoms with E-state index in [2.05, 4.69) is 4.98 Å². The Labute approximate surface area is 212 Å². The van der Waals surface area contributed by atoms with Gasteiger partial charge in [-0.1, -0.05) is 46.7 Å². The van der Waals surface area contributed by atoms with Crippen LogP contribution in [-0.4, -0.2) is 28.4 Å². The summed E-state index contributed by atoms with van der Waals surface area (Å²) in [4.78, 5) is 33.1. The van der Waals surface area contributed by atoms with Crippen molar-refractivity contribution in [3.63, 3.8) is 0 Å². The van der Waals surface area contributed by atoms with Gasteiger partial charge in [0.1, 0.15) is 5.75 Å². The van der Waals surface area contributed by atoms with Crippen LogP contribution in [0.4, 0.5) is 5.13 Å². The fourth-order valence-electron chi connectivity index (χ4n) is 3.83. The molecule has 6 nitrogen and oxygen atoms in total. The van der Waals surface area contributed by atoms with Crippen molar-refractivity contribution >= 4 is 72.9 Å². The van der Waals surface area contributed by atoms with Gasteiger partial charge in [0.2, 0.25) is 5.78 Å². The molecule has 172 valence electrons. The van der Waals surface area contributed by atoms with E-state index < -0.39 is 23.5 Å². The van der Waals surface area contributed by atoms with Gasteiger partial charge in [-0.25, -0.2) is 4.98 Å². The largest absolute Gasteiger partial charge is 0.503 e. The first kappa shape index (κ1) is 22.9. The third-order valence-electron chi connectivity index (χ3n) is 5.32. The summed E-state index contributed by atoms with van der Waals surface area (Å²) >= 11 is 14.9. The van der Waals surface area contributed by atoms with Crippen LogP contribution in [0.15, 0.2) is 65.2 Å². The Hall–Kier alpha value is -2.91. The number of anilines is 1. The lowest BCUT2D eigenvalue weighted by Gasteiger charge is -2.24. The molecule has 0 saturated carbocycles. The zero-order valence-electron chi connectivity index (χ0n) is 17.6. The number of hydrogen-bond acceptors (Lipinski definition) is 7. The van der Waals surface area contributed by atoms with Crippen molar-refractivity contribution in [3.05, 3.63) is 85.7 Å². The first-order valence-corrected chi connectivity index (χ1v) is 12.7. The SMILES string of the molecule is CCOc1ccc2nc(N3C(=O)C(O)=C(C(=O)c4cccs4)C3c3ccc(Cl)c(Cl)c3)sc2c1. The molecular formula is C24H16Cl2N2O4S2. The van der Waals surface area contributed by atoms with E-state index in [1.165, 1.54) is 27.6 Å². The van der Waals surface area contributed by atoms with E-state index in [0.717, 1.165) is 4.70 Å². The van der Waals surface area contributed by atoms with Crippen LogP contribution in [0.1, 0.15) is 28.2 Å². The Morgan fingerprint density at radius 2 is 2.00 bits per heavy atom. The molecule has 1 aliphatic heterocycles. The minimum atomic E-state index is -0.927. The molecule has 0 radical (unpaired) electrons. The molecule has 1 atom stereocenters. The molecule has 0 spiro atoms. The summed E-state index contributed by atoms with van der Waals surface area (Å²) in [7, 11) is 0. The van der Waals surface area contributed by atoms with Crippen LogP contribution in [0.25, 0.3) is 10.2 Å². The van der Waals surface area contributed by atoms with Crippen LogP contribution in [-0.2, 0) is 4.79 Å². The van der Waals surface area contributed by atoms with Crippen molar-refractivity contribution in [1.29, 1.82) is 0 Å². The zero-order chi connectivity index (χ0) is 24.0. The van der Waals surface area contributed by atoms with Crippen LogP contribution < -0.4 is 9.64 Å². The molecule has 34 heavy (non-hydrogen) atoms. The van der Waals surface area contributed by atoms with E-state index >= 15 is 0 Å². The Balaban J connectivity index is 1.66. The molecule has 10 heteroatoms. The molecule has 0 saturated heterocycles. The number of halogens is 2. The highest BCUT2D eigenvalue weighted by Crippen LogP contribution is 2.45. The van der Waals surface area contributed by atoms with Gasteiger partial charge in [-0.2, -0.15) is 0 Å². The number of fused-ring (bicyclic) bond motifs is 1. The molecule has 3 heterocycles. The molecule has 0 bridgehead atoms. The van der Waals surface area contributed by atoms with E-state index in [0.29, 0.717) is 38.5 Å². The van der Waals surface area contributed by atoms with Gasteiger partial charge in [-0.3, -0.25) is 14.5 Å². The summed E-state index contributed by atoms with van der Waals surface area (Å²) < 4.78 is 6.38. The first-order valence-electron chi connectivity index (χ1n) is 10.2. The smallest absolute Gasteiger partial charge is 0.296 e. The lowest BCUT2D eigenvalue weighted by Crippen LogP contribution is -2.30. The highest BCUT2D eigenvalue weighted by molar-refractivity contribution is 7.22. The van der Waals surface area contributed by atoms with Crippen LogP contribution >= 0.6 is 45.9 Å². The molecule has 1 aliphatic rings. The maximum atomic E-state index is 13.4. The Morgan fingerprint density at radius 1 is 1.18 bits per heavy atom. The second kappa shape index (κ2) is 9.03. The fourth-order valence-corrected chi connectivity index (χ4v) is 5.83. The molecule has 5 rings (SSSR count). The summed E-state index contributed by atoms with van der Waals surface area (Å²) in [5.41, 5.74) is 1.17. The summed E-state index contributed by atoms with van der Waals surface area (Å²) in [5, 5.41) is 13.6. The average molecular weight is 531 g/mol. The Morgan fingerprint density at radius 3 is 2.71 bits per heavy atom. The second-order valence-corrected chi connectivity index (χ2v) is 10.2. The topological polar surface area (TPSA) is 79.7 Å². The van der Waals surface area contributed by atoms with Gasteiger partial charge < -0.3 is 9.84 Å². The molecule has 0 aliphatic carbocycles. The molecule has 1 N–H and O–H groups in total. The summed E-state index contributed by atoms with van der Waals surface area (Å²) in [6, 6.07) is 12.8. The van der Waals surface area contributed by atoms with Crippen molar-refractivity contribution in [2.75, 3.05) is 11.5 Å². The van der Waals surface area contributed by atoms with Crippen molar-refractivity contribution in [2.45, 2.75) is 13.0 Å². The summed E-state index contributed by atoms with van der Waals surface area (Å²) in [6.45, 7) is 2.42. The highest BCUT2D eigenvalue weighted by atomic mass is 35.5. The van der Waals surface area contributed by atoms with E-state index in [4.69, 9.17) is 27.9 Å². The van der Waals surface area contributed by atoms with Gasteiger partial charge in [0.25, 0.3) is 5.91 Å². The maximum absolute atomic E-state index is 13.4. The molecular weight excluding hydrogens is 515 g/mol. The number of amides is 1. The minimum Gasteiger partial charge on any atom is -0.503 e. The molecule has 1 amide bonds. The van der Waals surface area contributed by atoms with Gasteiger partial charge in [-0.15, -0.1) is 11.3 Å². The predicted molar refractivity (Wildman–Crippen MR) is 136 cm³/mol. The Bertz CT molecular complexity index is 1460. The lowest BCUT2D eigenvalue weighted by atomic mass is 9.95. The third-order valence-corrected chi connectivity index (χ3v) is 7.95. The van der Waals surface area contributed by atoms with E-state index in [9.17, 15) is 14.7 Å². The standard InChI is InChI=1S/C24H16Cl2N2O4S2/c1-2-32-13-6-8-16-18(11-13)34-24(27-16)28-20(12-5-7-14(25)15(26)10-12)19(22(30)23(28)31)21(29)17-4-3-9-33-17/h3-11,20,30H,2H2,1H3. The monoisotopic (exact) mass is 530 g/mol. The average Bonchev–Trinajstić information content (AvgIpc) is 3.54. The minimum absolute atomic E-state index is 0.0277. The van der Waals surface area contributed by atoms with Crippen molar-refractivity contribution in [1.82, 2.24) is 4.98 Å². The number of thiophene rings is 1. The van der Waals surface area contributed by atoms with E-state index in [1.54, 1.807) is 47.8 Å². The number of benzene rings is 2. The van der Waals surface area contributed by atoms with Crippen LogP contribution in [0, 0.1) is 0 Å². The number of aromatic nitrogens is 1. The molecule has 0 fully saturated rings. The van der Waals surface area contributed by atoms with Crippen molar-refractivity contribution in [2.24, 2.45) is 0 Å². The van der Waals surface area contributed by atoms with Crippen LogP contribution in [0.5, 0.6) is 5.75 Å². The molecule has 4 aromatic rings. The lowest BCUT2D eigenvalue weighted by molar-refractivity contribution is -0.117. The quantitative estimate of drug-likeness (QED) is 0.276. The number of aliphatic hydroxyl groups is 1. The third kappa shape index (κ3) is 3.86. The van der Waals surface area contributed by atoms with Gasteiger partial charge in [-0.05, 0) is 54.3 Å². The second-order valence-electron chi connectivity index (χ2n) is 7.38. The fraction of sp³-hybridized carbons (Fsp3) is 0.125. The number of Topliss-reactive ketones (excluding diaryl/α,β-unsaturated/α-hetero) is 1. The van der Waals surface area contributed by atoms with Gasteiger partial charge >= 0.3 is 0 Å². The molecule has 2 aromatic carbocycles. The molecule has 1 unspecified atom stereocenters. The maximum Gasteiger partial charge on any atom is 0.296 e. The number of aliphatic hydroxyl groups excluding tert-OH is 1. The Kier molecular flexibility index (Phi) is 6.07. The number of thiazole rings is 1. The number of rotatable bonds is 6.